The van der Waals surface area contributed by atoms with Crippen LogP contribution in [0.4, 0.5) is 5.69 Å². The van der Waals surface area contributed by atoms with E-state index < -0.39 is 23.7 Å². The van der Waals surface area contributed by atoms with Crippen LogP contribution < -0.4 is 4.90 Å². The summed E-state index contributed by atoms with van der Waals surface area (Å²) in [6.07, 6.45) is 1.58. The van der Waals surface area contributed by atoms with Crippen molar-refractivity contribution in [2.24, 2.45) is 5.92 Å². The van der Waals surface area contributed by atoms with E-state index in [1.165, 1.54) is 4.90 Å². The first-order chi connectivity index (χ1) is 15.3. The van der Waals surface area contributed by atoms with Crippen molar-refractivity contribution in [2.75, 3.05) is 4.90 Å². The van der Waals surface area contributed by atoms with Gasteiger partial charge in [-0.3, -0.25) is 24.3 Å². The number of carbonyl (C=O) groups excluding carboxylic acids is 3. The Balaban J connectivity index is 1.83. The first kappa shape index (κ1) is 21.6. The smallest absolute Gasteiger partial charge is 0.295 e. The Hall–Kier alpha value is -3.60. The molecule has 1 aliphatic rings. The predicted molar refractivity (Wildman–Crippen MR) is 124 cm³/mol. The van der Waals surface area contributed by atoms with Gasteiger partial charge in [-0.2, -0.15) is 0 Å². The fourth-order valence-electron chi connectivity index (χ4n) is 4.13. The third-order valence-corrected chi connectivity index (χ3v) is 6.04. The molecule has 1 fully saturated rings. The van der Waals surface area contributed by atoms with Gasteiger partial charge in [0.1, 0.15) is 5.92 Å². The molecule has 2 aromatic carbocycles. The third-order valence-electron chi connectivity index (χ3n) is 6.04. The molecular formula is C27H26N2O3. The van der Waals surface area contributed by atoms with Crippen LogP contribution in [0.25, 0.3) is 0 Å². The number of hydrogen-bond acceptors (Lipinski definition) is 4. The van der Waals surface area contributed by atoms with Gasteiger partial charge in [0.05, 0.1) is 17.9 Å². The first-order valence-corrected chi connectivity index (χ1v) is 10.8. The Kier molecular flexibility index (Phi) is 5.74. The molecule has 32 heavy (non-hydrogen) atoms. The zero-order valence-electron chi connectivity index (χ0n) is 18.7. The van der Waals surface area contributed by atoms with Gasteiger partial charge in [0.2, 0.25) is 5.78 Å². The molecule has 5 nitrogen and oxygen atoms in total. The number of carbonyl (C=O) groups is 3. The Morgan fingerprint density at radius 3 is 2.12 bits per heavy atom. The van der Waals surface area contributed by atoms with Crippen molar-refractivity contribution in [3.63, 3.8) is 0 Å². The minimum atomic E-state index is -1.11. The van der Waals surface area contributed by atoms with Crippen LogP contribution in [-0.2, 0) is 9.59 Å². The fraction of sp³-hybridized carbons (Fsp3) is 0.259. The van der Waals surface area contributed by atoms with E-state index >= 15 is 0 Å². The lowest BCUT2D eigenvalue weighted by Crippen LogP contribution is -2.30. The quantitative estimate of drug-likeness (QED) is 0.328. The summed E-state index contributed by atoms with van der Waals surface area (Å²) in [4.78, 5) is 45.5. The largest absolute Gasteiger partial charge is 0.296 e. The molecule has 1 aliphatic heterocycles. The molecule has 5 heteroatoms. The number of nitrogens with zero attached hydrogens (tertiary/aromatic N) is 2. The van der Waals surface area contributed by atoms with Crippen LogP contribution in [-0.4, -0.2) is 22.5 Å². The summed E-state index contributed by atoms with van der Waals surface area (Å²) in [5.41, 5.74) is 4.65. The summed E-state index contributed by atoms with van der Waals surface area (Å²) in [6, 6.07) is 17.7. The molecule has 2 unspecified atom stereocenters. The predicted octanol–water partition coefficient (Wildman–Crippen LogP) is 4.98. The number of benzene rings is 2. The van der Waals surface area contributed by atoms with Crippen LogP contribution in [0.15, 0.2) is 66.9 Å². The average Bonchev–Trinajstić information content (AvgIpc) is 3.05. The zero-order chi connectivity index (χ0) is 23.0. The van der Waals surface area contributed by atoms with Crippen LogP contribution in [0.2, 0.25) is 0 Å². The lowest BCUT2D eigenvalue weighted by molar-refractivity contribution is -0.135. The maximum atomic E-state index is 13.5. The van der Waals surface area contributed by atoms with Gasteiger partial charge in [0.25, 0.3) is 5.91 Å². The lowest BCUT2D eigenvalue weighted by atomic mass is 9.85. The molecule has 0 bridgehead atoms. The summed E-state index contributed by atoms with van der Waals surface area (Å²) in [5, 5.41) is 0. The van der Waals surface area contributed by atoms with Crippen LogP contribution in [0.3, 0.4) is 0 Å². The topological polar surface area (TPSA) is 67.3 Å². The number of ketones is 2. The minimum Gasteiger partial charge on any atom is -0.296 e. The highest BCUT2D eigenvalue weighted by Gasteiger charge is 2.52. The normalized spacial score (nSPS) is 18.5. The van der Waals surface area contributed by atoms with Crippen molar-refractivity contribution in [1.29, 1.82) is 0 Å². The molecule has 0 N–H and O–H groups in total. The van der Waals surface area contributed by atoms with Gasteiger partial charge in [0, 0.05) is 11.3 Å². The highest BCUT2D eigenvalue weighted by molar-refractivity contribution is 6.49. The van der Waals surface area contributed by atoms with Crippen LogP contribution in [0, 0.1) is 19.8 Å². The highest BCUT2D eigenvalue weighted by atomic mass is 16.2. The number of hydrogen-bond donors (Lipinski definition) is 0. The molecule has 0 radical (unpaired) electrons. The molecule has 0 spiro atoms. The van der Waals surface area contributed by atoms with Gasteiger partial charge in [-0.25, -0.2) is 0 Å². The second-order valence-electron chi connectivity index (χ2n) is 8.67. The van der Waals surface area contributed by atoms with Crippen molar-refractivity contribution in [3.05, 3.63) is 94.8 Å². The summed E-state index contributed by atoms with van der Waals surface area (Å²) in [7, 11) is 0. The van der Waals surface area contributed by atoms with Gasteiger partial charge < -0.3 is 0 Å². The van der Waals surface area contributed by atoms with Crippen molar-refractivity contribution in [2.45, 2.75) is 39.7 Å². The van der Waals surface area contributed by atoms with Crippen LogP contribution >= 0.6 is 0 Å². The third kappa shape index (κ3) is 3.86. The van der Waals surface area contributed by atoms with Crippen molar-refractivity contribution >= 4 is 23.2 Å². The molecular weight excluding hydrogens is 400 g/mol. The number of anilines is 1. The average molecular weight is 427 g/mol. The molecule has 4 rings (SSSR count). The molecule has 0 saturated carbocycles. The van der Waals surface area contributed by atoms with Crippen molar-refractivity contribution in [1.82, 2.24) is 4.98 Å². The second kappa shape index (κ2) is 8.50. The Bertz CT molecular complexity index is 1160. The zero-order valence-corrected chi connectivity index (χ0v) is 18.7. The highest BCUT2D eigenvalue weighted by Crippen LogP contribution is 2.41. The van der Waals surface area contributed by atoms with E-state index in [2.05, 4.69) is 18.8 Å². The summed E-state index contributed by atoms with van der Waals surface area (Å²) >= 11 is 0. The fourth-order valence-corrected chi connectivity index (χ4v) is 4.13. The van der Waals surface area contributed by atoms with Crippen LogP contribution in [0.5, 0.6) is 0 Å². The number of aromatic nitrogens is 1. The van der Waals surface area contributed by atoms with Crippen LogP contribution in [0.1, 0.15) is 58.5 Å². The maximum absolute atomic E-state index is 13.5. The van der Waals surface area contributed by atoms with E-state index in [4.69, 9.17) is 0 Å². The lowest BCUT2D eigenvalue weighted by Gasteiger charge is -2.27. The summed E-state index contributed by atoms with van der Waals surface area (Å²) in [5.74, 6) is -2.48. The van der Waals surface area contributed by atoms with E-state index in [-0.39, 0.29) is 5.78 Å². The SMILES string of the molecule is Cc1ccc(C(=O)C2C(=O)C(=O)N(c3ccc(C)nc3)C2c2ccc(C(C)C)cc2)cc1. The van der Waals surface area contributed by atoms with Gasteiger partial charge in [-0.05, 0) is 43.0 Å². The Morgan fingerprint density at radius 2 is 1.56 bits per heavy atom. The van der Waals surface area contributed by atoms with Crippen molar-refractivity contribution in [3.8, 4) is 0 Å². The standard InChI is InChI=1S/C27H26N2O3/c1-16(2)19-10-12-20(13-11-19)24-23(25(30)21-8-5-17(3)6-9-21)26(31)27(32)29(24)22-14-7-18(4)28-15-22/h5-16,23-24H,1-4H3. The second-order valence-corrected chi connectivity index (χ2v) is 8.67. The number of aryl methyl sites for hydroxylation is 2. The number of pyridine rings is 1. The number of Topliss-reactive ketones (excluding diaryl/α,β-unsaturated/α-hetero) is 2. The Morgan fingerprint density at radius 1 is 0.906 bits per heavy atom. The van der Waals surface area contributed by atoms with E-state index in [0.29, 0.717) is 17.2 Å². The van der Waals surface area contributed by atoms with E-state index in [1.54, 1.807) is 30.5 Å². The van der Waals surface area contributed by atoms with Gasteiger partial charge in [0.15, 0.2) is 5.78 Å². The molecule has 162 valence electrons. The van der Waals surface area contributed by atoms with E-state index in [9.17, 15) is 14.4 Å². The molecule has 2 atom stereocenters. The molecule has 1 aromatic heterocycles. The maximum Gasteiger partial charge on any atom is 0.295 e. The van der Waals surface area contributed by atoms with Gasteiger partial charge in [-0.1, -0.05) is 67.9 Å². The minimum absolute atomic E-state index is 0.344. The molecule has 3 aromatic rings. The monoisotopic (exact) mass is 426 g/mol. The number of amides is 1. The summed E-state index contributed by atoms with van der Waals surface area (Å²) < 4.78 is 0. The summed E-state index contributed by atoms with van der Waals surface area (Å²) in [6.45, 7) is 7.99. The van der Waals surface area contributed by atoms with E-state index in [0.717, 1.165) is 22.4 Å². The molecule has 0 aliphatic carbocycles. The molecule has 1 saturated heterocycles. The van der Waals surface area contributed by atoms with Gasteiger partial charge in [-0.15, -0.1) is 0 Å². The van der Waals surface area contributed by atoms with Gasteiger partial charge >= 0.3 is 0 Å². The van der Waals surface area contributed by atoms with E-state index in [1.807, 2.05) is 50.2 Å². The molecule has 1 amide bonds. The van der Waals surface area contributed by atoms with Crippen molar-refractivity contribution < 1.29 is 14.4 Å². The Labute approximate surface area is 188 Å². The first-order valence-electron chi connectivity index (χ1n) is 10.8. The molecule has 2 heterocycles. The number of rotatable bonds is 5.